The first-order chi connectivity index (χ1) is 37.5. The van der Waals surface area contributed by atoms with Crippen LogP contribution in [0.2, 0.25) is 0 Å². The summed E-state index contributed by atoms with van der Waals surface area (Å²) in [6, 6.07) is 0. The minimum absolute atomic E-state index is 0.0943. The van der Waals surface area contributed by atoms with Crippen LogP contribution in [-0.2, 0) is 28.6 Å². The minimum atomic E-state index is -0.798. The second-order valence-corrected chi connectivity index (χ2v) is 20.2. The first-order valence-corrected chi connectivity index (χ1v) is 31.2. The fourth-order valence-electron chi connectivity index (χ4n) is 8.26. The van der Waals surface area contributed by atoms with Gasteiger partial charge in [-0.25, -0.2) is 0 Å². The predicted molar refractivity (Wildman–Crippen MR) is 329 cm³/mol. The van der Waals surface area contributed by atoms with Crippen molar-refractivity contribution in [1.82, 2.24) is 0 Å². The number of unbranched alkanes of at least 4 members (excludes halogenated alkanes) is 22. The highest BCUT2D eigenvalue weighted by atomic mass is 16.6. The third-order valence-electron chi connectivity index (χ3n) is 12.9. The average Bonchev–Trinajstić information content (AvgIpc) is 3.42. The highest BCUT2D eigenvalue weighted by molar-refractivity contribution is 5.71. The van der Waals surface area contributed by atoms with Crippen LogP contribution in [0.1, 0.15) is 271 Å². The maximum absolute atomic E-state index is 12.9. The molecule has 0 aromatic carbocycles. The van der Waals surface area contributed by atoms with Crippen molar-refractivity contribution in [3.05, 3.63) is 134 Å². The Bertz CT molecular complexity index is 1630. The highest BCUT2D eigenvalue weighted by Gasteiger charge is 2.19. The largest absolute Gasteiger partial charge is 0.462 e. The lowest BCUT2D eigenvalue weighted by atomic mass is 10.0. The molecule has 0 aliphatic carbocycles. The van der Waals surface area contributed by atoms with Crippen molar-refractivity contribution in [1.29, 1.82) is 0 Å². The van der Waals surface area contributed by atoms with Gasteiger partial charge in [0, 0.05) is 19.3 Å². The number of carbonyl (C=O) groups excluding carboxylic acids is 3. The number of hydrogen-bond acceptors (Lipinski definition) is 6. The normalized spacial score (nSPS) is 13.0. The van der Waals surface area contributed by atoms with E-state index in [9.17, 15) is 14.4 Å². The molecule has 0 rings (SSSR count). The molecule has 0 bridgehead atoms. The second kappa shape index (κ2) is 63.1. The molecule has 0 heterocycles. The van der Waals surface area contributed by atoms with Gasteiger partial charge in [-0.3, -0.25) is 14.4 Å². The molecule has 0 N–H and O–H groups in total. The summed E-state index contributed by atoms with van der Waals surface area (Å²) in [6.07, 6.45) is 89.0. The fraction of sp³-hybridized carbons (Fsp3) is 0.643. The van der Waals surface area contributed by atoms with Gasteiger partial charge < -0.3 is 14.2 Å². The van der Waals surface area contributed by atoms with Crippen molar-refractivity contribution >= 4 is 17.9 Å². The van der Waals surface area contributed by atoms with Crippen LogP contribution in [0.15, 0.2) is 134 Å². The van der Waals surface area contributed by atoms with Crippen molar-refractivity contribution < 1.29 is 28.6 Å². The Morgan fingerprint density at radius 1 is 0.276 bits per heavy atom. The van der Waals surface area contributed by atoms with Gasteiger partial charge >= 0.3 is 17.9 Å². The van der Waals surface area contributed by atoms with Crippen LogP contribution >= 0.6 is 0 Å². The van der Waals surface area contributed by atoms with E-state index in [1.807, 2.05) is 0 Å². The third-order valence-corrected chi connectivity index (χ3v) is 12.9. The van der Waals surface area contributed by atoms with Crippen LogP contribution in [0.5, 0.6) is 0 Å². The van der Waals surface area contributed by atoms with Crippen molar-refractivity contribution in [2.45, 2.75) is 277 Å². The summed E-state index contributed by atoms with van der Waals surface area (Å²) in [5, 5.41) is 0. The van der Waals surface area contributed by atoms with Gasteiger partial charge in [0.15, 0.2) is 6.10 Å². The SMILES string of the molecule is CC/C=C\C/C=C\C/C=C\C/C=C\C/C=C\C/C=C\CCCCCCCCCCCCCCC(=O)OCC(COC(=O)CCCCCCC/C=C\CCC)OC(=O)CCCCCC/C=C\C/C=C\C/C=C\C/C=C\CC. The number of esters is 3. The number of ether oxygens (including phenoxy) is 3. The summed E-state index contributed by atoms with van der Waals surface area (Å²) >= 11 is 0. The molecule has 0 aliphatic rings. The Balaban J connectivity index is 4.23. The van der Waals surface area contributed by atoms with Crippen LogP contribution in [0.25, 0.3) is 0 Å². The summed E-state index contributed by atoms with van der Waals surface area (Å²) in [7, 11) is 0. The number of carbonyl (C=O) groups is 3. The highest BCUT2D eigenvalue weighted by Crippen LogP contribution is 2.15. The second-order valence-electron chi connectivity index (χ2n) is 20.2. The number of hydrogen-bond donors (Lipinski definition) is 0. The lowest BCUT2D eigenvalue weighted by Gasteiger charge is -2.18. The van der Waals surface area contributed by atoms with Gasteiger partial charge in [0.2, 0.25) is 0 Å². The first-order valence-electron chi connectivity index (χ1n) is 31.2. The molecule has 6 heteroatoms. The lowest BCUT2D eigenvalue weighted by molar-refractivity contribution is -0.167. The summed E-state index contributed by atoms with van der Waals surface area (Å²) in [6.45, 7) is 6.32. The van der Waals surface area contributed by atoms with E-state index in [1.54, 1.807) is 0 Å². The molecule has 0 aliphatic heterocycles. The first kappa shape index (κ1) is 71.5. The van der Waals surface area contributed by atoms with E-state index in [4.69, 9.17) is 14.2 Å². The topological polar surface area (TPSA) is 78.9 Å². The molecule has 6 nitrogen and oxygen atoms in total. The summed E-state index contributed by atoms with van der Waals surface area (Å²) in [4.78, 5) is 38.2. The quantitative estimate of drug-likeness (QED) is 0.0261. The Morgan fingerprint density at radius 3 is 0.816 bits per heavy atom. The molecule has 0 aromatic rings. The lowest BCUT2D eigenvalue weighted by Crippen LogP contribution is -2.30. The molecule has 0 fully saturated rings. The maximum atomic E-state index is 12.9. The monoisotopic (exact) mass is 1050 g/mol. The standard InChI is InChI=1S/C70H114O6/c1-4-7-10-13-16-19-22-24-26-28-29-30-31-32-33-34-35-36-37-38-39-40-41-43-44-46-48-51-54-57-60-63-69(72)75-66-67(65-74-68(71)62-59-56-53-50-21-18-15-12-9-6-3)76-70(73)64-61-58-55-52-49-47-45-42-27-25-23-20-17-14-11-8-5-2/h7-8,10-12,15-17,19-20,24-27,29-30,32-33,35-36,45,47,67H,4-6,9,13-14,18,21-23,28,31,34,37-44,46,48-66H2,1-3H3/b10-7-,11-8-,15-12-,19-16-,20-17-,26-24-,27-25-,30-29-,33-32-,36-35-,47-45-. The van der Waals surface area contributed by atoms with E-state index in [1.165, 1.54) is 77.0 Å². The summed E-state index contributed by atoms with van der Waals surface area (Å²) in [5.41, 5.74) is 0. The van der Waals surface area contributed by atoms with Crippen LogP contribution in [0.3, 0.4) is 0 Å². The van der Waals surface area contributed by atoms with E-state index >= 15 is 0 Å². The molecule has 0 amide bonds. The Hall–Kier alpha value is -4.45. The molecule has 0 radical (unpaired) electrons. The molecular weight excluding hydrogens is 937 g/mol. The van der Waals surface area contributed by atoms with Crippen molar-refractivity contribution in [2.24, 2.45) is 0 Å². The molecule has 76 heavy (non-hydrogen) atoms. The van der Waals surface area contributed by atoms with Crippen molar-refractivity contribution in [3.8, 4) is 0 Å². The van der Waals surface area contributed by atoms with Gasteiger partial charge in [-0.15, -0.1) is 0 Å². The average molecular weight is 1050 g/mol. The molecule has 430 valence electrons. The molecule has 0 saturated heterocycles. The molecule has 0 saturated carbocycles. The molecule has 1 unspecified atom stereocenters. The van der Waals surface area contributed by atoms with E-state index < -0.39 is 6.10 Å². The van der Waals surface area contributed by atoms with E-state index in [-0.39, 0.29) is 31.1 Å². The zero-order chi connectivity index (χ0) is 55.0. The smallest absolute Gasteiger partial charge is 0.306 e. The molecule has 0 aromatic heterocycles. The van der Waals surface area contributed by atoms with Crippen LogP contribution in [0, 0.1) is 0 Å². The van der Waals surface area contributed by atoms with Gasteiger partial charge in [-0.05, 0) is 128 Å². The van der Waals surface area contributed by atoms with Gasteiger partial charge in [0.1, 0.15) is 13.2 Å². The van der Waals surface area contributed by atoms with Crippen LogP contribution in [0.4, 0.5) is 0 Å². The third kappa shape index (κ3) is 60.4. The predicted octanol–water partition coefficient (Wildman–Crippen LogP) is 21.4. The van der Waals surface area contributed by atoms with E-state index in [0.29, 0.717) is 19.3 Å². The van der Waals surface area contributed by atoms with E-state index in [2.05, 4.69) is 154 Å². The zero-order valence-corrected chi connectivity index (χ0v) is 49.2. The molecule has 1 atom stereocenters. The van der Waals surface area contributed by atoms with Crippen LogP contribution in [-0.4, -0.2) is 37.2 Å². The van der Waals surface area contributed by atoms with Gasteiger partial charge in [0.25, 0.3) is 0 Å². The molecular formula is C70H114O6. The Kier molecular flexibility index (Phi) is 59.4. The molecule has 0 spiro atoms. The van der Waals surface area contributed by atoms with Crippen LogP contribution < -0.4 is 0 Å². The zero-order valence-electron chi connectivity index (χ0n) is 49.2. The van der Waals surface area contributed by atoms with Crippen molar-refractivity contribution in [3.63, 3.8) is 0 Å². The van der Waals surface area contributed by atoms with Crippen molar-refractivity contribution in [2.75, 3.05) is 13.2 Å². The Labute approximate surface area is 468 Å². The number of allylic oxidation sites excluding steroid dienone is 22. The Morgan fingerprint density at radius 2 is 0.513 bits per heavy atom. The van der Waals surface area contributed by atoms with Gasteiger partial charge in [-0.2, -0.15) is 0 Å². The maximum Gasteiger partial charge on any atom is 0.306 e. The minimum Gasteiger partial charge on any atom is -0.462 e. The summed E-state index contributed by atoms with van der Waals surface area (Å²) in [5.74, 6) is -0.932. The van der Waals surface area contributed by atoms with Gasteiger partial charge in [0.05, 0.1) is 0 Å². The fourth-order valence-corrected chi connectivity index (χ4v) is 8.26. The van der Waals surface area contributed by atoms with E-state index in [0.717, 1.165) is 154 Å². The summed E-state index contributed by atoms with van der Waals surface area (Å²) < 4.78 is 16.8. The number of rotatable bonds is 55. The van der Waals surface area contributed by atoms with Gasteiger partial charge in [-0.1, -0.05) is 257 Å².